The van der Waals surface area contributed by atoms with E-state index < -0.39 is 6.04 Å². The zero-order valence-corrected chi connectivity index (χ0v) is 14.2. The molecule has 1 aromatic rings. The van der Waals surface area contributed by atoms with Crippen molar-refractivity contribution >= 4 is 23.6 Å². The molecule has 1 atom stereocenters. The van der Waals surface area contributed by atoms with Crippen molar-refractivity contribution in [3.05, 3.63) is 30.1 Å². The summed E-state index contributed by atoms with van der Waals surface area (Å²) in [6.45, 7) is 4.43. The topological polar surface area (TPSA) is 52.7 Å². The maximum atomic E-state index is 12.9. The standard InChI is InChI=1S/C16H22FN3O2S/c1-12(21)18-15(11-23-14-5-3-13(17)4-6-14)16(22)20-9-7-19(2)8-10-20/h3-6,15H,7-11H2,1-2H3,(H,18,21). The lowest BCUT2D eigenvalue weighted by Gasteiger charge is -2.34. The molecule has 2 amide bonds. The summed E-state index contributed by atoms with van der Waals surface area (Å²) >= 11 is 1.43. The Labute approximate surface area is 140 Å². The number of carbonyl (C=O) groups is 2. The number of thioether (sulfide) groups is 1. The summed E-state index contributed by atoms with van der Waals surface area (Å²) in [5.41, 5.74) is 0. The van der Waals surface area contributed by atoms with Crippen molar-refractivity contribution in [1.29, 1.82) is 0 Å². The van der Waals surface area contributed by atoms with E-state index in [-0.39, 0.29) is 17.6 Å². The van der Waals surface area contributed by atoms with E-state index in [0.717, 1.165) is 18.0 Å². The SMILES string of the molecule is CC(=O)NC(CSc1ccc(F)cc1)C(=O)N1CCN(C)CC1. The van der Waals surface area contributed by atoms with Gasteiger partial charge in [-0.2, -0.15) is 0 Å². The predicted molar refractivity (Wildman–Crippen MR) is 88.8 cm³/mol. The minimum absolute atomic E-state index is 0.0529. The van der Waals surface area contributed by atoms with Crippen LogP contribution in [0.15, 0.2) is 29.2 Å². The number of hydrogen-bond donors (Lipinski definition) is 1. The Morgan fingerprint density at radius 2 is 1.83 bits per heavy atom. The Kier molecular flexibility index (Phi) is 6.41. The molecule has 1 heterocycles. The van der Waals surface area contributed by atoms with Gasteiger partial charge in [0.2, 0.25) is 11.8 Å². The summed E-state index contributed by atoms with van der Waals surface area (Å²) in [5.74, 6) is -0.141. The molecule has 1 N–H and O–H groups in total. The smallest absolute Gasteiger partial charge is 0.246 e. The van der Waals surface area contributed by atoms with Crippen LogP contribution in [0, 0.1) is 5.82 Å². The molecule has 5 nitrogen and oxygen atoms in total. The molecule has 0 radical (unpaired) electrons. The van der Waals surface area contributed by atoms with E-state index in [4.69, 9.17) is 0 Å². The van der Waals surface area contributed by atoms with Gasteiger partial charge in [0.15, 0.2) is 0 Å². The highest BCUT2D eigenvalue weighted by Gasteiger charge is 2.27. The number of halogens is 1. The minimum Gasteiger partial charge on any atom is -0.344 e. The lowest BCUT2D eigenvalue weighted by atomic mass is 10.2. The number of carbonyl (C=O) groups excluding carboxylic acids is 2. The summed E-state index contributed by atoms with van der Waals surface area (Å²) in [6, 6.07) is 5.55. The van der Waals surface area contributed by atoms with Gasteiger partial charge in [-0.1, -0.05) is 0 Å². The van der Waals surface area contributed by atoms with Gasteiger partial charge in [-0.05, 0) is 31.3 Å². The average Bonchev–Trinajstić information content (AvgIpc) is 2.52. The van der Waals surface area contributed by atoms with Gasteiger partial charge in [-0.25, -0.2) is 4.39 Å². The number of likely N-dealkylation sites (N-methyl/N-ethyl adjacent to an activating group) is 1. The van der Waals surface area contributed by atoms with Crippen molar-refractivity contribution < 1.29 is 14.0 Å². The van der Waals surface area contributed by atoms with Crippen molar-refractivity contribution in [2.24, 2.45) is 0 Å². The molecule has 0 spiro atoms. The number of nitrogens with zero attached hydrogens (tertiary/aromatic N) is 2. The van der Waals surface area contributed by atoms with E-state index in [1.165, 1.54) is 30.8 Å². The van der Waals surface area contributed by atoms with E-state index in [9.17, 15) is 14.0 Å². The summed E-state index contributed by atoms with van der Waals surface area (Å²) in [4.78, 5) is 28.9. The number of nitrogens with one attached hydrogen (secondary N) is 1. The van der Waals surface area contributed by atoms with Gasteiger partial charge in [0, 0.05) is 43.8 Å². The molecular weight excluding hydrogens is 317 g/mol. The first-order chi connectivity index (χ1) is 11.0. The first-order valence-corrected chi connectivity index (χ1v) is 8.57. The van der Waals surface area contributed by atoms with E-state index in [1.807, 2.05) is 7.05 Å². The number of rotatable bonds is 5. The molecule has 7 heteroatoms. The molecule has 0 saturated carbocycles. The van der Waals surface area contributed by atoms with Crippen LogP contribution in [0.4, 0.5) is 4.39 Å². The van der Waals surface area contributed by atoms with Crippen LogP contribution in [0.3, 0.4) is 0 Å². The molecule has 23 heavy (non-hydrogen) atoms. The molecule has 1 fully saturated rings. The molecule has 1 aromatic carbocycles. The van der Waals surface area contributed by atoms with E-state index >= 15 is 0 Å². The number of benzene rings is 1. The van der Waals surface area contributed by atoms with E-state index in [2.05, 4.69) is 10.2 Å². The quantitative estimate of drug-likeness (QED) is 0.819. The number of amides is 2. The zero-order valence-electron chi connectivity index (χ0n) is 13.4. The van der Waals surface area contributed by atoms with E-state index in [0.29, 0.717) is 18.8 Å². The fourth-order valence-corrected chi connectivity index (χ4v) is 3.29. The van der Waals surface area contributed by atoms with Gasteiger partial charge in [0.05, 0.1) is 0 Å². The Bertz CT molecular complexity index is 545. The average molecular weight is 339 g/mol. The van der Waals surface area contributed by atoms with Crippen molar-refractivity contribution in [2.45, 2.75) is 17.9 Å². The van der Waals surface area contributed by atoms with Crippen LogP contribution in [0.25, 0.3) is 0 Å². The van der Waals surface area contributed by atoms with Crippen LogP contribution in [-0.2, 0) is 9.59 Å². The van der Waals surface area contributed by atoms with Gasteiger partial charge in [0.1, 0.15) is 11.9 Å². The Morgan fingerprint density at radius 3 is 2.39 bits per heavy atom. The first-order valence-electron chi connectivity index (χ1n) is 7.58. The second-order valence-corrected chi connectivity index (χ2v) is 6.74. The molecule has 1 saturated heterocycles. The molecule has 0 aliphatic carbocycles. The lowest BCUT2D eigenvalue weighted by Crippen LogP contribution is -2.54. The minimum atomic E-state index is -0.564. The van der Waals surface area contributed by atoms with Gasteiger partial charge in [-0.15, -0.1) is 11.8 Å². The van der Waals surface area contributed by atoms with Crippen LogP contribution in [0.1, 0.15) is 6.92 Å². The van der Waals surface area contributed by atoms with Gasteiger partial charge in [-0.3, -0.25) is 9.59 Å². The van der Waals surface area contributed by atoms with Crippen molar-refractivity contribution in [3.63, 3.8) is 0 Å². The highest BCUT2D eigenvalue weighted by atomic mass is 32.2. The molecule has 1 aliphatic heterocycles. The normalized spacial score (nSPS) is 16.9. The molecular formula is C16H22FN3O2S. The maximum Gasteiger partial charge on any atom is 0.246 e. The Balaban J connectivity index is 1.96. The van der Waals surface area contributed by atoms with Gasteiger partial charge >= 0.3 is 0 Å². The second-order valence-electron chi connectivity index (χ2n) is 5.65. The second kappa shape index (κ2) is 8.31. The van der Waals surface area contributed by atoms with Crippen LogP contribution < -0.4 is 5.32 Å². The molecule has 0 aromatic heterocycles. The Hall–Kier alpha value is -1.60. The third kappa shape index (κ3) is 5.51. The van der Waals surface area contributed by atoms with Crippen LogP contribution >= 0.6 is 11.8 Å². The highest BCUT2D eigenvalue weighted by molar-refractivity contribution is 7.99. The summed E-state index contributed by atoms with van der Waals surface area (Å²) in [6.07, 6.45) is 0. The third-order valence-electron chi connectivity index (χ3n) is 3.72. The Morgan fingerprint density at radius 1 is 1.22 bits per heavy atom. The predicted octanol–water partition coefficient (Wildman–Crippen LogP) is 1.20. The van der Waals surface area contributed by atoms with Crippen LogP contribution in [-0.4, -0.2) is 66.6 Å². The molecule has 126 valence electrons. The summed E-state index contributed by atoms with van der Waals surface area (Å²) in [7, 11) is 2.03. The van der Waals surface area contributed by atoms with Crippen molar-refractivity contribution in [1.82, 2.24) is 15.1 Å². The molecule has 2 rings (SSSR count). The zero-order chi connectivity index (χ0) is 16.8. The third-order valence-corrected chi connectivity index (χ3v) is 4.83. The van der Waals surface area contributed by atoms with Crippen molar-refractivity contribution in [2.75, 3.05) is 39.0 Å². The summed E-state index contributed by atoms with van der Waals surface area (Å²) < 4.78 is 12.9. The van der Waals surface area contributed by atoms with Gasteiger partial charge in [0.25, 0.3) is 0 Å². The fraction of sp³-hybridized carbons (Fsp3) is 0.500. The largest absolute Gasteiger partial charge is 0.344 e. The van der Waals surface area contributed by atoms with Crippen molar-refractivity contribution in [3.8, 4) is 0 Å². The summed E-state index contributed by atoms with van der Waals surface area (Å²) in [5, 5.41) is 2.73. The molecule has 0 bridgehead atoms. The van der Waals surface area contributed by atoms with Crippen LogP contribution in [0.5, 0.6) is 0 Å². The molecule has 1 aliphatic rings. The lowest BCUT2D eigenvalue weighted by molar-refractivity contribution is -0.136. The fourth-order valence-electron chi connectivity index (χ4n) is 2.38. The highest BCUT2D eigenvalue weighted by Crippen LogP contribution is 2.20. The van der Waals surface area contributed by atoms with Gasteiger partial charge < -0.3 is 15.1 Å². The number of piperazine rings is 1. The monoisotopic (exact) mass is 339 g/mol. The first kappa shape index (κ1) is 17.7. The van der Waals surface area contributed by atoms with Crippen LogP contribution in [0.2, 0.25) is 0 Å². The van der Waals surface area contributed by atoms with E-state index in [1.54, 1.807) is 17.0 Å². The number of hydrogen-bond acceptors (Lipinski definition) is 4. The molecule has 1 unspecified atom stereocenters. The maximum absolute atomic E-state index is 12.9.